The highest BCUT2D eigenvalue weighted by molar-refractivity contribution is 6.35. The minimum Gasteiger partial charge on any atom is -0.478 e. The fourth-order valence-corrected chi connectivity index (χ4v) is 2.55. The molecule has 2 N–H and O–H groups in total. The van der Waals surface area contributed by atoms with Gasteiger partial charge in [0.15, 0.2) is 5.43 Å². The van der Waals surface area contributed by atoms with Gasteiger partial charge in [0, 0.05) is 16.0 Å². The second-order valence-corrected chi connectivity index (χ2v) is 5.03. The van der Waals surface area contributed by atoms with Crippen molar-refractivity contribution < 1.29 is 9.90 Å². The highest BCUT2D eigenvalue weighted by Crippen LogP contribution is 2.31. The first-order valence-corrected chi connectivity index (χ1v) is 6.35. The van der Waals surface area contributed by atoms with Crippen LogP contribution in [0.5, 0.6) is 0 Å². The van der Waals surface area contributed by atoms with Crippen molar-refractivity contribution in [3.63, 3.8) is 0 Å². The fraction of sp³-hybridized carbons (Fsp3) is 0.0667. The number of H-pyrrole nitrogens is 1. The highest BCUT2D eigenvalue weighted by atomic mass is 35.5. The molecule has 1 heterocycles. The predicted molar refractivity (Wildman–Crippen MR) is 77.9 cm³/mol. The molecule has 0 aromatic heterocycles. The van der Waals surface area contributed by atoms with Crippen LogP contribution >= 0.6 is 11.6 Å². The Hall–Kier alpha value is -2.33. The maximum atomic E-state index is 11.9. The van der Waals surface area contributed by atoms with Crippen LogP contribution in [0.15, 0.2) is 35.1 Å². The van der Waals surface area contributed by atoms with Gasteiger partial charge >= 0.3 is 5.97 Å². The van der Waals surface area contributed by atoms with Gasteiger partial charge in [-0.05, 0) is 36.8 Å². The number of fused-ring (bicyclic) bond motifs is 2. The van der Waals surface area contributed by atoms with E-state index >= 15 is 0 Å². The van der Waals surface area contributed by atoms with Gasteiger partial charge in [0.25, 0.3) is 0 Å². The van der Waals surface area contributed by atoms with Crippen LogP contribution in [0, 0.1) is 6.92 Å². The Morgan fingerprint density at radius 3 is 2.70 bits per heavy atom. The number of pyridine rings is 1. The first-order chi connectivity index (χ1) is 9.49. The molecule has 1 aliphatic carbocycles. The fourth-order valence-electron chi connectivity index (χ4n) is 2.34. The Morgan fingerprint density at radius 2 is 2.00 bits per heavy atom. The molecule has 5 heteroatoms. The summed E-state index contributed by atoms with van der Waals surface area (Å²) in [5.74, 6) is -1.08. The van der Waals surface area contributed by atoms with E-state index in [4.69, 9.17) is 11.6 Å². The Balaban J connectivity index is 2.57. The zero-order valence-corrected chi connectivity index (χ0v) is 11.3. The number of aromatic carboxylic acids is 1. The number of aromatic nitrogens is 1. The third kappa shape index (κ3) is 1.77. The monoisotopic (exact) mass is 287 g/mol. The van der Waals surface area contributed by atoms with Crippen molar-refractivity contribution in [2.75, 3.05) is 0 Å². The lowest BCUT2D eigenvalue weighted by Crippen LogP contribution is -2.12. The average molecular weight is 288 g/mol. The maximum Gasteiger partial charge on any atom is 0.337 e. The highest BCUT2D eigenvalue weighted by Gasteiger charge is 2.18. The lowest BCUT2D eigenvalue weighted by molar-refractivity contribution is 0.0697. The van der Waals surface area contributed by atoms with Crippen LogP contribution in [0.25, 0.3) is 22.2 Å². The first kappa shape index (κ1) is 12.7. The summed E-state index contributed by atoms with van der Waals surface area (Å²) in [6.07, 6.45) is 0. The number of aromatic amines is 1. The second kappa shape index (κ2) is 4.35. The molecule has 0 amide bonds. The molecule has 0 radical (unpaired) electrons. The summed E-state index contributed by atoms with van der Waals surface area (Å²) in [6, 6.07) is 7.81. The lowest BCUT2D eigenvalue weighted by Gasteiger charge is -2.13. The van der Waals surface area contributed by atoms with Gasteiger partial charge in [0.05, 0.1) is 16.8 Å². The van der Waals surface area contributed by atoms with E-state index in [1.54, 1.807) is 12.1 Å². The van der Waals surface area contributed by atoms with E-state index in [2.05, 4.69) is 4.98 Å². The summed E-state index contributed by atoms with van der Waals surface area (Å²) >= 11 is 6.15. The van der Waals surface area contributed by atoms with Crippen molar-refractivity contribution in [3.05, 3.63) is 56.7 Å². The number of rotatable bonds is 1. The molecule has 0 fully saturated rings. The average Bonchev–Trinajstić information content (AvgIpc) is 2.42. The molecule has 20 heavy (non-hydrogen) atoms. The van der Waals surface area contributed by atoms with Crippen molar-refractivity contribution in [1.82, 2.24) is 4.98 Å². The number of carbonyl (C=O) groups is 1. The minimum absolute atomic E-state index is 0.0703. The Morgan fingerprint density at radius 1 is 1.25 bits per heavy atom. The summed E-state index contributed by atoms with van der Waals surface area (Å²) in [6.45, 7) is 1.89. The summed E-state index contributed by atoms with van der Waals surface area (Å²) < 4.78 is 0. The second-order valence-electron chi connectivity index (χ2n) is 4.63. The van der Waals surface area contributed by atoms with Gasteiger partial charge in [0.2, 0.25) is 0 Å². The Kier molecular flexibility index (Phi) is 2.76. The van der Waals surface area contributed by atoms with Crippen LogP contribution in [0.3, 0.4) is 0 Å². The number of hydrogen-bond acceptors (Lipinski definition) is 2. The summed E-state index contributed by atoms with van der Waals surface area (Å²) in [4.78, 5) is 26.2. The summed E-state index contributed by atoms with van der Waals surface area (Å²) in [5, 5.41) is 10.4. The molecule has 4 nitrogen and oxygen atoms in total. The summed E-state index contributed by atoms with van der Waals surface area (Å²) in [7, 11) is 0. The van der Waals surface area contributed by atoms with Crippen molar-refractivity contribution in [2.45, 2.75) is 6.92 Å². The summed E-state index contributed by atoms with van der Waals surface area (Å²) in [5.41, 5.74) is 2.14. The number of nitrogens with one attached hydrogen (secondary N) is 1. The van der Waals surface area contributed by atoms with Gasteiger partial charge in [-0.15, -0.1) is 0 Å². The van der Waals surface area contributed by atoms with Gasteiger partial charge in [-0.2, -0.15) is 0 Å². The Bertz CT molecular complexity index is 882. The topological polar surface area (TPSA) is 70.2 Å². The van der Waals surface area contributed by atoms with E-state index in [9.17, 15) is 14.7 Å². The zero-order chi connectivity index (χ0) is 14.4. The molecule has 100 valence electrons. The van der Waals surface area contributed by atoms with Crippen LogP contribution in [0.4, 0.5) is 0 Å². The SMILES string of the molecule is Cc1ccc(Cl)c2cc3c(=O)ccc(C(=O)O)c-3[nH]c12. The molecule has 0 atom stereocenters. The number of benzene rings is 2. The molecule has 3 rings (SSSR count). The number of carboxylic acids is 1. The van der Waals surface area contributed by atoms with Crippen molar-refractivity contribution in [1.29, 1.82) is 0 Å². The predicted octanol–water partition coefficient (Wildman–Crippen LogP) is 3.29. The number of carboxylic acid groups (broad SMARTS) is 1. The number of halogens is 1. The molecule has 1 aliphatic heterocycles. The van der Waals surface area contributed by atoms with Crippen LogP contribution in [-0.2, 0) is 0 Å². The maximum absolute atomic E-state index is 11.9. The molecule has 0 bridgehead atoms. The molecular formula is C15H10ClNO3. The van der Waals surface area contributed by atoms with Crippen LogP contribution in [-0.4, -0.2) is 16.1 Å². The largest absolute Gasteiger partial charge is 0.478 e. The van der Waals surface area contributed by atoms with Gasteiger partial charge in [-0.1, -0.05) is 17.7 Å². The van der Waals surface area contributed by atoms with Crippen LogP contribution in [0.2, 0.25) is 5.02 Å². The Labute approximate surface area is 119 Å². The van der Waals surface area contributed by atoms with Crippen molar-refractivity contribution in [3.8, 4) is 11.3 Å². The van der Waals surface area contributed by atoms with Gasteiger partial charge in [0.1, 0.15) is 0 Å². The molecule has 1 aromatic rings. The van der Waals surface area contributed by atoms with Crippen LogP contribution in [0.1, 0.15) is 15.9 Å². The lowest BCUT2D eigenvalue weighted by atomic mass is 9.99. The molecule has 0 spiro atoms. The zero-order valence-electron chi connectivity index (χ0n) is 10.5. The molecule has 0 unspecified atom stereocenters. The number of hydrogen-bond donors (Lipinski definition) is 2. The van der Waals surface area contributed by atoms with E-state index in [1.807, 2.05) is 13.0 Å². The minimum atomic E-state index is -1.08. The smallest absolute Gasteiger partial charge is 0.337 e. The van der Waals surface area contributed by atoms with E-state index in [1.165, 1.54) is 12.1 Å². The van der Waals surface area contributed by atoms with E-state index in [0.717, 1.165) is 11.1 Å². The molecule has 0 saturated heterocycles. The van der Waals surface area contributed by atoms with E-state index in [0.29, 0.717) is 21.7 Å². The van der Waals surface area contributed by atoms with Gasteiger partial charge in [-0.25, -0.2) is 4.79 Å². The first-order valence-electron chi connectivity index (χ1n) is 5.97. The third-order valence-electron chi connectivity index (χ3n) is 3.38. The standard InChI is InChI=1S/C15H10ClNO3/c1-7-2-4-11(16)9-6-10-12(18)5-3-8(15(19)20)14(10)17-13(7)9/h2-6,17H,1H3,(H,19,20). The van der Waals surface area contributed by atoms with E-state index < -0.39 is 5.97 Å². The number of aryl methyl sites for hydroxylation is 1. The third-order valence-corrected chi connectivity index (χ3v) is 3.70. The quantitative estimate of drug-likeness (QED) is 0.675. The van der Waals surface area contributed by atoms with Gasteiger partial charge in [-0.3, -0.25) is 4.79 Å². The van der Waals surface area contributed by atoms with Crippen LogP contribution < -0.4 is 5.43 Å². The molecular weight excluding hydrogens is 278 g/mol. The molecule has 0 saturated carbocycles. The van der Waals surface area contributed by atoms with Crippen molar-refractivity contribution >= 4 is 28.5 Å². The van der Waals surface area contributed by atoms with Gasteiger partial charge < -0.3 is 10.1 Å². The van der Waals surface area contributed by atoms with E-state index in [-0.39, 0.29) is 11.0 Å². The molecule has 2 aliphatic rings. The molecule has 1 aromatic carbocycles. The normalized spacial score (nSPS) is 11.1. The van der Waals surface area contributed by atoms with Crippen molar-refractivity contribution in [2.24, 2.45) is 0 Å².